The van der Waals surface area contributed by atoms with Crippen LogP contribution in [-0.4, -0.2) is 40.9 Å². The number of aromatic nitrogens is 3. The van der Waals surface area contributed by atoms with Gasteiger partial charge in [-0.1, -0.05) is 25.1 Å². The number of methoxy groups -OCH3 is 1. The smallest absolute Gasteiger partial charge is 0.264 e. The van der Waals surface area contributed by atoms with Gasteiger partial charge < -0.3 is 19.0 Å². The summed E-state index contributed by atoms with van der Waals surface area (Å²) in [4.78, 5) is 12.3. The molecule has 3 rings (SSSR count). The minimum atomic E-state index is -0.0899. The maximum Gasteiger partial charge on any atom is 0.264 e. The fourth-order valence-corrected chi connectivity index (χ4v) is 2.72. The molecular formula is C18H22N4O3. The zero-order valence-corrected chi connectivity index (χ0v) is 14.5. The number of benzene rings is 1. The Bertz CT molecular complexity index is 853. The molecule has 0 fully saturated rings. The van der Waals surface area contributed by atoms with Crippen LogP contribution in [0.5, 0.6) is 0 Å². The average molecular weight is 342 g/mol. The van der Waals surface area contributed by atoms with E-state index in [1.165, 1.54) is 0 Å². The number of carbonyl (C=O) groups is 1. The molecule has 1 amide bonds. The summed E-state index contributed by atoms with van der Waals surface area (Å²) in [6.07, 6.45) is 1.68. The lowest BCUT2D eigenvalue weighted by Crippen LogP contribution is -2.30. The molecule has 0 unspecified atom stereocenters. The molecule has 2 aromatic heterocycles. The molecule has 2 heterocycles. The Morgan fingerprint density at radius 1 is 1.32 bits per heavy atom. The molecule has 1 N–H and O–H groups in total. The molecule has 0 saturated carbocycles. The molecule has 0 bridgehead atoms. The van der Waals surface area contributed by atoms with Crippen LogP contribution in [0.2, 0.25) is 0 Å². The maximum atomic E-state index is 12.3. The fraction of sp³-hybridized carbons (Fsp3) is 0.389. The molecular weight excluding hydrogens is 320 g/mol. The van der Waals surface area contributed by atoms with Crippen LogP contribution >= 0.6 is 0 Å². The number of fused-ring (bicyclic) bond motifs is 1. The van der Waals surface area contributed by atoms with Crippen molar-refractivity contribution >= 4 is 16.8 Å². The number of nitrogens with zero attached hydrogens (tertiary/aromatic N) is 3. The molecule has 25 heavy (non-hydrogen) atoms. The molecule has 0 aliphatic carbocycles. The number of carbonyl (C=O) groups excluding carboxylic acids is 1. The number of hydrogen-bond acceptors (Lipinski definition) is 5. The van der Waals surface area contributed by atoms with Gasteiger partial charge in [0.15, 0.2) is 0 Å². The van der Waals surface area contributed by atoms with Gasteiger partial charge in [-0.25, -0.2) is 0 Å². The minimum absolute atomic E-state index is 0.0899. The van der Waals surface area contributed by atoms with Gasteiger partial charge in [0.05, 0.1) is 6.61 Å². The van der Waals surface area contributed by atoms with Gasteiger partial charge in [0, 0.05) is 31.0 Å². The van der Waals surface area contributed by atoms with Crippen molar-refractivity contribution in [1.82, 2.24) is 20.1 Å². The van der Waals surface area contributed by atoms with Crippen molar-refractivity contribution in [2.75, 3.05) is 20.3 Å². The number of para-hydroxylation sites is 1. The van der Waals surface area contributed by atoms with Crippen molar-refractivity contribution in [2.45, 2.75) is 26.3 Å². The molecule has 1 aromatic carbocycles. The third-order valence-corrected chi connectivity index (χ3v) is 3.89. The second-order valence-electron chi connectivity index (χ2n) is 5.77. The van der Waals surface area contributed by atoms with Gasteiger partial charge in [-0.2, -0.15) is 0 Å². The quantitative estimate of drug-likeness (QED) is 0.636. The van der Waals surface area contributed by atoms with Crippen molar-refractivity contribution in [3.8, 4) is 11.6 Å². The Morgan fingerprint density at radius 3 is 2.96 bits per heavy atom. The number of aryl methyl sites for hydroxylation is 1. The molecule has 0 aliphatic heterocycles. The fourth-order valence-electron chi connectivity index (χ4n) is 2.72. The summed E-state index contributed by atoms with van der Waals surface area (Å²) in [6.45, 7) is 3.20. The van der Waals surface area contributed by atoms with E-state index >= 15 is 0 Å². The molecule has 0 aliphatic rings. The summed E-state index contributed by atoms with van der Waals surface area (Å²) in [5, 5.41) is 12.1. The third-order valence-electron chi connectivity index (χ3n) is 3.89. The van der Waals surface area contributed by atoms with Crippen LogP contribution in [0.15, 0.2) is 34.7 Å². The van der Waals surface area contributed by atoms with E-state index in [4.69, 9.17) is 9.15 Å². The summed E-state index contributed by atoms with van der Waals surface area (Å²) in [5.74, 6) is 0.955. The van der Waals surface area contributed by atoms with Crippen LogP contribution in [0.1, 0.15) is 19.2 Å². The van der Waals surface area contributed by atoms with Gasteiger partial charge in [-0.05, 0) is 18.6 Å². The van der Waals surface area contributed by atoms with Crippen LogP contribution in [0.3, 0.4) is 0 Å². The largest absolute Gasteiger partial charge is 0.419 e. The lowest BCUT2D eigenvalue weighted by Gasteiger charge is -2.09. The van der Waals surface area contributed by atoms with E-state index in [1.807, 2.05) is 34.9 Å². The SMILES string of the molecule is CCCc1nnc(-c2cc3ccccc3n2CC(=O)NCCOC)o1. The van der Waals surface area contributed by atoms with Crippen molar-refractivity contribution in [1.29, 1.82) is 0 Å². The summed E-state index contributed by atoms with van der Waals surface area (Å²) >= 11 is 0. The standard InChI is InChI=1S/C18H22N4O3/c1-3-6-17-20-21-18(25-17)15-11-13-7-4-5-8-14(13)22(15)12-16(23)19-9-10-24-2/h4-5,7-8,11H,3,6,9-10,12H2,1-2H3,(H,19,23). The normalized spacial score (nSPS) is 11.1. The Hall–Kier alpha value is -2.67. The van der Waals surface area contributed by atoms with Crippen LogP contribution in [0.4, 0.5) is 0 Å². The first-order valence-electron chi connectivity index (χ1n) is 8.39. The van der Waals surface area contributed by atoms with E-state index in [2.05, 4.69) is 22.4 Å². The van der Waals surface area contributed by atoms with E-state index in [0.717, 1.165) is 29.4 Å². The van der Waals surface area contributed by atoms with E-state index < -0.39 is 0 Å². The minimum Gasteiger partial charge on any atom is -0.419 e. The first-order valence-corrected chi connectivity index (χ1v) is 8.39. The van der Waals surface area contributed by atoms with Gasteiger partial charge >= 0.3 is 0 Å². The number of nitrogens with one attached hydrogen (secondary N) is 1. The number of ether oxygens (including phenoxy) is 1. The van der Waals surface area contributed by atoms with Crippen LogP contribution in [0.25, 0.3) is 22.5 Å². The van der Waals surface area contributed by atoms with Crippen molar-refractivity contribution in [3.63, 3.8) is 0 Å². The van der Waals surface area contributed by atoms with Crippen LogP contribution in [0, 0.1) is 0 Å². The number of amides is 1. The van der Waals surface area contributed by atoms with Crippen molar-refractivity contribution in [2.24, 2.45) is 0 Å². The van der Waals surface area contributed by atoms with Gasteiger partial charge in [0.1, 0.15) is 12.2 Å². The van der Waals surface area contributed by atoms with Gasteiger partial charge in [-0.15, -0.1) is 10.2 Å². The third kappa shape index (κ3) is 3.88. The molecule has 0 saturated heterocycles. The molecule has 7 heteroatoms. The van der Waals surface area contributed by atoms with E-state index in [0.29, 0.717) is 24.9 Å². The Morgan fingerprint density at radius 2 is 2.16 bits per heavy atom. The highest BCUT2D eigenvalue weighted by Crippen LogP contribution is 2.27. The number of rotatable bonds is 8. The topological polar surface area (TPSA) is 82.2 Å². The average Bonchev–Trinajstić information content (AvgIpc) is 3.21. The van der Waals surface area contributed by atoms with E-state index in [9.17, 15) is 4.79 Å². The predicted octanol–water partition coefficient (Wildman–Crippen LogP) is 2.41. The molecule has 0 spiro atoms. The zero-order chi connectivity index (χ0) is 17.6. The number of hydrogen-bond donors (Lipinski definition) is 1. The Labute approximate surface area is 146 Å². The van der Waals surface area contributed by atoms with Crippen molar-refractivity contribution in [3.05, 3.63) is 36.2 Å². The molecule has 3 aromatic rings. The van der Waals surface area contributed by atoms with Crippen LogP contribution < -0.4 is 5.32 Å². The predicted molar refractivity (Wildman–Crippen MR) is 94.1 cm³/mol. The molecule has 7 nitrogen and oxygen atoms in total. The molecule has 0 atom stereocenters. The molecule has 0 radical (unpaired) electrons. The first-order chi connectivity index (χ1) is 12.2. The van der Waals surface area contributed by atoms with Gasteiger partial charge in [0.2, 0.25) is 11.8 Å². The van der Waals surface area contributed by atoms with Crippen molar-refractivity contribution < 1.29 is 13.9 Å². The highest BCUT2D eigenvalue weighted by atomic mass is 16.5. The first kappa shape index (κ1) is 17.2. The Balaban J connectivity index is 1.92. The monoisotopic (exact) mass is 342 g/mol. The van der Waals surface area contributed by atoms with Gasteiger partial charge in [-0.3, -0.25) is 4.79 Å². The Kier molecular flexibility index (Phi) is 5.45. The maximum absolute atomic E-state index is 12.3. The second kappa shape index (κ2) is 7.94. The summed E-state index contributed by atoms with van der Waals surface area (Å²) < 4.78 is 12.6. The second-order valence-corrected chi connectivity index (χ2v) is 5.77. The van der Waals surface area contributed by atoms with E-state index in [1.54, 1.807) is 7.11 Å². The van der Waals surface area contributed by atoms with Crippen LogP contribution in [-0.2, 0) is 22.5 Å². The molecule has 132 valence electrons. The summed E-state index contributed by atoms with van der Waals surface area (Å²) in [5.41, 5.74) is 1.70. The lowest BCUT2D eigenvalue weighted by atomic mass is 10.2. The zero-order valence-electron chi connectivity index (χ0n) is 14.5. The van der Waals surface area contributed by atoms with E-state index in [-0.39, 0.29) is 12.5 Å². The van der Waals surface area contributed by atoms with Gasteiger partial charge in [0.25, 0.3) is 5.89 Å². The lowest BCUT2D eigenvalue weighted by molar-refractivity contribution is -0.121. The summed E-state index contributed by atoms with van der Waals surface area (Å²) in [6, 6.07) is 9.86. The summed E-state index contributed by atoms with van der Waals surface area (Å²) in [7, 11) is 1.60. The highest BCUT2D eigenvalue weighted by molar-refractivity contribution is 5.88. The highest BCUT2D eigenvalue weighted by Gasteiger charge is 2.18.